The molecule has 0 aromatic heterocycles. The summed E-state index contributed by atoms with van der Waals surface area (Å²) in [5.41, 5.74) is 0.350. The van der Waals surface area contributed by atoms with Gasteiger partial charge in [-0.25, -0.2) is 4.39 Å². The molecule has 1 heterocycles. The Kier molecular flexibility index (Phi) is 3.76. The van der Waals surface area contributed by atoms with Crippen molar-refractivity contribution < 1.29 is 13.9 Å². The van der Waals surface area contributed by atoms with Gasteiger partial charge in [-0.1, -0.05) is 0 Å². The first-order valence-corrected chi connectivity index (χ1v) is 6.24. The zero-order chi connectivity index (χ0) is 13.2. The van der Waals surface area contributed by atoms with Crippen molar-refractivity contribution in [1.29, 1.82) is 0 Å². The normalized spacial score (nSPS) is 22.6. The number of hydrogen-bond acceptors (Lipinski definition) is 3. The molecule has 1 aliphatic heterocycles. The topological polar surface area (TPSA) is 30.5 Å². The Morgan fingerprint density at radius 3 is 2.89 bits per heavy atom. The van der Waals surface area contributed by atoms with Crippen molar-refractivity contribution in [2.75, 3.05) is 19.0 Å². The number of hydrogen-bond donors (Lipinski definition) is 1. The summed E-state index contributed by atoms with van der Waals surface area (Å²) in [5, 5.41) is 3.24. The maximum atomic E-state index is 13.7. The molecular weight excluding hydrogens is 233 g/mol. The Morgan fingerprint density at radius 1 is 1.44 bits per heavy atom. The minimum atomic E-state index is -0.250. The molecule has 100 valence electrons. The predicted octanol–water partition coefficient (Wildman–Crippen LogP) is 3.20. The molecule has 1 fully saturated rings. The quantitative estimate of drug-likeness (QED) is 0.897. The Bertz CT molecular complexity index is 420. The molecule has 1 aromatic carbocycles. The minimum absolute atomic E-state index is 0.148. The summed E-state index contributed by atoms with van der Waals surface area (Å²) in [4.78, 5) is 0. The van der Waals surface area contributed by atoms with Gasteiger partial charge in [0, 0.05) is 18.7 Å². The fraction of sp³-hybridized carbons (Fsp3) is 0.571. The van der Waals surface area contributed by atoms with E-state index in [2.05, 4.69) is 19.2 Å². The van der Waals surface area contributed by atoms with Crippen molar-refractivity contribution in [3.8, 4) is 5.75 Å². The van der Waals surface area contributed by atoms with Crippen molar-refractivity contribution in [2.24, 2.45) is 0 Å². The van der Waals surface area contributed by atoms with Crippen LogP contribution < -0.4 is 10.1 Å². The third-order valence-corrected chi connectivity index (χ3v) is 3.23. The molecule has 3 nitrogen and oxygen atoms in total. The zero-order valence-corrected chi connectivity index (χ0v) is 11.1. The van der Waals surface area contributed by atoms with E-state index < -0.39 is 0 Å². The average Bonchev–Trinajstić information content (AvgIpc) is 2.31. The van der Waals surface area contributed by atoms with E-state index in [0.717, 1.165) is 12.8 Å². The number of methoxy groups -OCH3 is 1. The summed E-state index contributed by atoms with van der Waals surface area (Å²) in [7, 11) is 1.58. The highest BCUT2D eigenvalue weighted by Gasteiger charge is 2.29. The fourth-order valence-electron chi connectivity index (χ4n) is 2.32. The van der Waals surface area contributed by atoms with Gasteiger partial charge in [-0.15, -0.1) is 0 Å². The molecular formula is C14H20FNO2. The molecule has 1 aliphatic rings. The minimum Gasteiger partial charge on any atom is -0.497 e. The average molecular weight is 253 g/mol. The lowest BCUT2D eigenvalue weighted by atomic mass is 9.94. The molecule has 0 spiro atoms. The van der Waals surface area contributed by atoms with E-state index in [1.807, 2.05) is 0 Å². The van der Waals surface area contributed by atoms with E-state index in [9.17, 15) is 4.39 Å². The second-order valence-electron chi connectivity index (χ2n) is 5.29. The van der Waals surface area contributed by atoms with Gasteiger partial charge in [0.05, 0.1) is 18.4 Å². The predicted molar refractivity (Wildman–Crippen MR) is 69.6 cm³/mol. The Balaban J connectivity index is 2.09. The molecule has 2 rings (SSSR count). The summed E-state index contributed by atoms with van der Waals surface area (Å²) in [6, 6.07) is 4.97. The van der Waals surface area contributed by atoms with Crippen LogP contribution >= 0.6 is 0 Å². The third kappa shape index (κ3) is 3.13. The molecule has 0 saturated carbocycles. The van der Waals surface area contributed by atoms with Gasteiger partial charge >= 0.3 is 0 Å². The molecule has 0 radical (unpaired) electrons. The van der Waals surface area contributed by atoms with Crippen molar-refractivity contribution in [2.45, 2.75) is 38.3 Å². The maximum absolute atomic E-state index is 13.7. The van der Waals surface area contributed by atoms with Crippen molar-refractivity contribution in [3.63, 3.8) is 0 Å². The van der Waals surface area contributed by atoms with Crippen LogP contribution in [0.3, 0.4) is 0 Å². The largest absolute Gasteiger partial charge is 0.497 e. The molecule has 1 aromatic rings. The van der Waals surface area contributed by atoms with Crippen LogP contribution in [0.15, 0.2) is 18.2 Å². The van der Waals surface area contributed by atoms with E-state index in [0.29, 0.717) is 18.0 Å². The Morgan fingerprint density at radius 2 is 2.22 bits per heavy atom. The van der Waals surface area contributed by atoms with Crippen LogP contribution in [0.4, 0.5) is 10.1 Å². The highest BCUT2D eigenvalue weighted by Crippen LogP contribution is 2.28. The molecule has 1 N–H and O–H groups in total. The number of nitrogens with one attached hydrogen (secondary N) is 1. The molecule has 0 bridgehead atoms. The van der Waals surface area contributed by atoms with Crippen molar-refractivity contribution in [3.05, 3.63) is 24.0 Å². The van der Waals surface area contributed by atoms with Crippen LogP contribution in [-0.4, -0.2) is 25.4 Å². The third-order valence-electron chi connectivity index (χ3n) is 3.23. The van der Waals surface area contributed by atoms with Gasteiger partial charge < -0.3 is 14.8 Å². The van der Waals surface area contributed by atoms with Crippen molar-refractivity contribution >= 4 is 5.69 Å². The molecule has 1 atom stereocenters. The first-order valence-electron chi connectivity index (χ1n) is 6.24. The highest BCUT2D eigenvalue weighted by molar-refractivity contribution is 5.50. The van der Waals surface area contributed by atoms with Gasteiger partial charge in [-0.05, 0) is 38.8 Å². The molecule has 1 unspecified atom stereocenters. The summed E-state index contributed by atoms with van der Waals surface area (Å²) in [6.07, 6.45) is 1.75. The number of halogens is 1. The second kappa shape index (κ2) is 5.14. The summed E-state index contributed by atoms with van der Waals surface area (Å²) in [5.74, 6) is 0.408. The first kappa shape index (κ1) is 13.1. The van der Waals surface area contributed by atoms with Gasteiger partial charge in [-0.2, -0.15) is 0 Å². The lowest BCUT2D eigenvalue weighted by Crippen LogP contribution is -2.40. The van der Waals surface area contributed by atoms with Gasteiger partial charge in [-0.3, -0.25) is 0 Å². The van der Waals surface area contributed by atoms with Crippen molar-refractivity contribution in [1.82, 2.24) is 0 Å². The van der Waals surface area contributed by atoms with Gasteiger partial charge in [0.2, 0.25) is 0 Å². The van der Waals surface area contributed by atoms with Crippen LogP contribution in [0.5, 0.6) is 5.75 Å². The van der Waals surface area contributed by atoms with E-state index >= 15 is 0 Å². The number of anilines is 1. The first-order chi connectivity index (χ1) is 8.50. The van der Waals surface area contributed by atoms with E-state index in [1.165, 1.54) is 6.07 Å². The molecule has 4 heteroatoms. The Labute approximate surface area is 107 Å². The van der Waals surface area contributed by atoms with E-state index in [1.54, 1.807) is 19.2 Å². The van der Waals surface area contributed by atoms with E-state index in [-0.39, 0.29) is 17.5 Å². The number of ether oxygens (including phenoxy) is 2. The lowest BCUT2D eigenvalue weighted by Gasteiger charge is -2.36. The van der Waals surface area contributed by atoms with Crippen LogP contribution in [0.25, 0.3) is 0 Å². The number of rotatable bonds is 3. The highest BCUT2D eigenvalue weighted by atomic mass is 19.1. The molecule has 1 saturated heterocycles. The van der Waals surface area contributed by atoms with Crippen LogP contribution in [-0.2, 0) is 4.74 Å². The van der Waals surface area contributed by atoms with Crippen LogP contribution in [0.1, 0.15) is 26.7 Å². The fourth-order valence-corrected chi connectivity index (χ4v) is 2.32. The zero-order valence-electron chi connectivity index (χ0n) is 11.1. The smallest absolute Gasteiger partial charge is 0.146 e. The van der Waals surface area contributed by atoms with Gasteiger partial charge in [0.15, 0.2) is 0 Å². The van der Waals surface area contributed by atoms with Crippen LogP contribution in [0, 0.1) is 5.82 Å². The monoisotopic (exact) mass is 253 g/mol. The maximum Gasteiger partial charge on any atom is 0.146 e. The Hall–Kier alpha value is -1.29. The molecule has 0 aliphatic carbocycles. The summed E-state index contributed by atoms with van der Waals surface area (Å²) < 4.78 is 24.5. The van der Waals surface area contributed by atoms with Crippen LogP contribution in [0.2, 0.25) is 0 Å². The lowest BCUT2D eigenvalue weighted by molar-refractivity contribution is -0.0553. The molecule has 0 amide bonds. The number of benzene rings is 1. The second-order valence-corrected chi connectivity index (χ2v) is 5.29. The standard InChI is InChI=1S/C14H20FNO2/c1-14(2)9-10(6-7-18-14)16-13-8-11(17-3)4-5-12(13)15/h4-5,8,10,16H,6-7,9H2,1-3H3. The van der Waals surface area contributed by atoms with Gasteiger partial charge in [0.1, 0.15) is 11.6 Å². The van der Waals surface area contributed by atoms with E-state index in [4.69, 9.17) is 9.47 Å². The molecule has 18 heavy (non-hydrogen) atoms. The van der Waals surface area contributed by atoms with Gasteiger partial charge in [0.25, 0.3) is 0 Å². The summed E-state index contributed by atoms with van der Waals surface area (Å²) >= 11 is 0. The summed E-state index contributed by atoms with van der Waals surface area (Å²) in [6.45, 7) is 4.82. The SMILES string of the molecule is COc1ccc(F)c(NC2CCOC(C)(C)C2)c1.